The molecule has 0 unspecified atom stereocenters. The molecule has 1 N–H and O–H groups in total. The van der Waals surface area contributed by atoms with Crippen molar-refractivity contribution in [1.82, 2.24) is 9.91 Å². The number of carbonyl (C=O) groups is 2. The van der Waals surface area contributed by atoms with E-state index in [0.717, 1.165) is 16.8 Å². The van der Waals surface area contributed by atoms with Crippen LogP contribution in [0.25, 0.3) is 0 Å². The Morgan fingerprint density at radius 3 is 2.36 bits per heavy atom. The highest BCUT2D eigenvalue weighted by molar-refractivity contribution is 8.14. The van der Waals surface area contributed by atoms with Crippen LogP contribution < -0.4 is 14.8 Å². The molecule has 9 nitrogen and oxygen atoms in total. The van der Waals surface area contributed by atoms with E-state index >= 15 is 0 Å². The minimum Gasteiger partial charge on any atom is -0.493 e. The second-order valence-corrected chi connectivity index (χ2v) is 11.0. The number of rotatable bonds is 12. The van der Waals surface area contributed by atoms with Gasteiger partial charge in [0, 0.05) is 35.6 Å². The Hall–Kier alpha value is -3.24. The highest BCUT2D eigenvalue weighted by atomic mass is 32.2. The highest BCUT2D eigenvalue weighted by Gasteiger charge is 2.23. The molecule has 2 aromatic carbocycles. The lowest BCUT2D eigenvalue weighted by atomic mass is 10.1. The van der Waals surface area contributed by atoms with Crippen LogP contribution in [0.3, 0.4) is 0 Å². The van der Waals surface area contributed by atoms with Crippen LogP contribution in [0.15, 0.2) is 47.6 Å². The first-order valence-corrected chi connectivity index (χ1v) is 14.2. The van der Waals surface area contributed by atoms with Crippen molar-refractivity contribution in [3.05, 3.63) is 53.6 Å². The van der Waals surface area contributed by atoms with Crippen molar-refractivity contribution in [2.24, 2.45) is 5.10 Å². The van der Waals surface area contributed by atoms with E-state index < -0.39 is 6.09 Å². The Morgan fingerprint density at radius 2 is 1.74 bits per heavy atom. The summed E-state index contributed by atoms with van der Waals surface area (Å²) in [4.78, 5) is 27.1. The predicted molar refractivity (Wildman–Crippen MR) is 157 cm³/mol. The van der Waals surface area contributed by atoms with Crippen LogP contribution in [0.2, 0.25) is 0 Å². The van der Waals surface area contributed by atoms with E-state index in [1.165, 1.54) is 16.8 Å². The van der Waals surface area contributed by atoms with Crippen LogP contribution in [0.1, 0.15) is 52.7 Å². The number of ether oxygens (including phenoxy) is 3. The molecule has 0 bridgehead atoms. The molecular formula is C29H40N4O5S. The van der Waals surface area contributed by atoms with Gasteiger partial charge in [-0.2, -0.15) is 5.10 Å². The van der Waals surface area contributed by atoms with Crippen molar-refractivity contribution in [2.45, 2.75) is 66.3 Å². The molecule has 0 radical (unpaired) electrons. The molecule has 212 valence electrons. The van der Waals surface area contributed by atoms with E-state index in [4.69, 9.17) is 14.2 Å². The Labute approximate surface area is 235 Å². The fraction of sp³-hybridized carbons (Fsp3) is 0.483. The van der Waals surface area contributed by atoms with E-state index in [-0.39, 0.29) is 11.3 Å². The predicted octanol–water partition coefficient (Wildman–Crippen LogP) is 6.22. The largest absolute Gasteiger partial charge is 0.493 e. The molecule has 0 aliphatic carbocycles. The van der Waals surface area contributed by atoms with Crippen molar-refractivity contribution in [2.75, 3.05) is 31.3 Å². The smallest absolute Gasteiger partial charge is 0.411 e. The summed E-state index contributed by atoms with van der Waals surface area (Å²) in [5, 5.41) is 8.74. The van der Waals surface area contributed by atoms with E-state index in [2.05, 4.69) is 43.0 Å². The van der Waals surface area contributed by atoms with Gasteiger partial charge in [0.1, 0.15) is 6.61 Å². The standard InChI is InChI=1S/C29H40N4O5S/c1-19(2)32(20(3)4)14-15-37-28(34)30-24-11-8-22(9-12-24)17-33-29(35)39-18-25(31-33)23-10-13-26(36-7)27(16-23)38-21(5)6/h8-13,16,19-21H,14-15,17-18H2,1-7H3,(H,30,34). The lowest BCUT2D eigenvalue weighted by Crippen LogP contribution is -2.39. The molecule has 0 fully saturated rings. The van der Waals surface area contributed by atoms with Gasteiger partial charge in [0.05, 0.1) is 25.5 Å². The van der Waals surface area contributed by atoms with Crippen LogP contribution in [0, 0.1) is 0 Å². The van der Waals surface area contributed by atoms with Gasteiger partial charge in [0.25, 0.3) is 0 Å². The SMILES string of the molecule is COc1ccc(C2=NN(Cc3ccc(NC(=O)OCCN(C(C)C)C(C)C)cc3)C(=O)SC2)cc1OC(C)C. The van der Waals surface area contributed by atoms with Gasteiger partial charge >= 0.3 is 11.3 Å². The molecule has 0 spiro atoms. The van der Waals surface area contributed by atoms with Crippen molar-refractivity contribution < 1.29 is 23.8 Å². The monoisotopic (exact) mass is 556 g/mol. The number of hydrogen-bond acceptors (Lipinski definition) is 8. The maximum Gasteiger partial charge on any atom is 0.411 e. The molecule has 0 saturated carbocycles. The summed E-state index contributed by atoms with van der Waals surface area (Å²) >= 11 is 1.21. The Morgan fingerprint density at radius 1 is 1.05 bits per heavy atom. The first kappa shape index (κ1) is 30.3. The first-order valence-electron chi connectivity index (χ1n) is 13.2. The van der Waals surface area contributed by atoms with Gasteiger partial charge in [-0.3, -0.25) is 15.0 Å². The molecule has 2 aromatic rings. The first-order chi connectivity index (χ1) is 18.6. The number of thioether (sulfide) groups is 1. The topological polar surface area (TPSA) is 92.7 Å². The molecule has 3 rings (SSSR count). The lowest BCUT2D eigenvalue weighted by molar-refractivity contribution is 0.111. The van der Waals surface area contributed by atoms with E-state index in [0.29, 0.717) is 54.7 Å². The minimum atomic E-state index is -0.493. The van der Waals surface area contributed by atoms with Crippen LogP contribution >= 0.6 is 11.8 Å². The van der Waals surface area contributed by atoms with Crippen LogP contribution in [0.5, 0.6) is 11.5 Å². The van der Waals surface area contributed by atoms with Gasteiger partial charge in [-0.1, -0.05) is 23.9 Å². The molecule has 0 atom stereocenters. The second-order valence-electron chi connectivity index (χ2n) is 10.1. The fourth-order valence-electron chi connectivity index (χ4n) is 4.24. The summed E-state index contributed by atoms with van der Waals surface area (Å²) in [6.45, 7) is 13.7. The second kappa shape index (κ2) is 14.2. The van der Waals surface area contributed by atoms with Gasteiger partial charge < -0.3 is 14.2 Å². The molecule has 0 saturated heterocycles. The molecular weight excluding hydrogens is 516 g/mol. The number of amides is 2. The zero-order chi connectivity index (χ0) is 28.5. The average Bonchev–Trinajstić information content (AvgIpc) is 2.88. The third-order valence-electron chi connectivity index (χ3n) is 6.09. The molecule has 1 aliphatic heterocycles. The van der Waals surface area contributed by atoms with E-state index in [1.54, 1.807) is 19.2 Å². The highest BCUT2D eigenvalue weighted by Crippen LogP contribution is 2.31. The maximum absolute atomic E-state index is 12.6. The van der Waals surface area contributed by atoms with Gasteiger partial charge in [-0.15, -0.1) is 0 Å². The summed E-state index contributed by atoms with van der Waals surface area (Å²) in [6, 6.07) is 13.7. The summed E-state index contributed by atoms with van der Waals surface area (Å²) in [5.74, 6) is 1.76. The Balaban J connectivity index is 1.60. The number of nitrogens with zero attached hydrogens (tertiary/aromatic N) is 3. The molecule has 39 heavy (non-hydrogen) atoms. The van der Waals surface area contributed by atoms with Gasteiger partial charge in [0.15, 0.2) is 11.5 Å². The summed E-state index contributed by atoms with van der Waals surface area (Å²) in [7, 11) is 1.61. The number of carbonyl (C=O) groups excluding carboxylic acids is 2. The average molecular weight is 557 g/mol. The van der Waals surface area contributed by atoms with Crippen molar-refractivity contribution in [3.63, 3.8) is 0 Å². The normalized spacial score (nSPS) is 13.8. The number of nitrogens with one attached hydrogen (secondary N) is 1. The van der Waals surface area contributed by atoms with E-state index in [9.17, 15) is 9.59 Å². The molecule has 1 heterocycles. The molecule has 1 aliphatic rings. The maximum atomic E-state index is 12.6. The van der Waals surface area contributed by atoms with Crippen LogP contribution in [0.4, 0.5) is 15.3 Å². The zero-order valence-corrected chi connectivity index (χ0v) is 24.7. The molecule has 10 heteroatoms. The summed E-state index contributed by atoms with van der Waals surface area (Å²) in [6.07, 6.45) is -0.498. The number of anilines is 1. The Kier molecular flexibility index (Phi) is 11.1. The van der Waals surface area contributed by atoms with Crippen molar-refractivity contribution in [3.8, 4) is 11.5 Å². The van der Waals surface area contributed by atoms with E-state index in [1.807, 2.05) is 44.2 Å². The fourth-order valence-corrected chi connectivity index (χ4v) is 4.98. The van der Waals surface area contributed by atoms with Gasteiger partial charge in [-0.25, -0.2) is 9.80 Å². The quantitative estimate of drug-likeness (QED) is 0.332. The number of hydrogen-bond donors (Lipinski definition) is 1. The van der Waals surface area contributed by atoms with Crippen molar-refractivity contribution in [1.29, 1.82) is 0 Å². The van der Waals surface area contributed by atoms with Gasteiger partial charge in [0.2, 0.25) is 0 Å². The molecule has 2 amide bonds. The number of benzene rings is 2. The van der Waals surface area contributed by atoms with Crippen LogP contribution in [-0.4, -0.2) is 71.2 Å². The zero-order valence-electron chi connectivity index (χ0n) is 23.9. The summed E-state index contributed by atoms with van der Waals surface area (Å²) < 4.78 is 16.7. The number of methoxy groups -OCH3 is 1. The van der Waals surface area contributed by atoms with Crippen molar-refractivity contribution >= 4 is 34.5 Å². The van der Waals surface area contributed by atoms with Crippen LogP contribution in [-0.2, 0) is 11.3 Å². The number of hydrazone groups is 1. The van der Waals surface area contributed by atoms with Gasteiger partial charge in [-0.05, 0) is 77.4 Å². The minimum absolute atomic E-state index is 0.00525. The lowest BCUT2D eigenvalue weighted by Gasteiger charge is -2.30. The third kappa shape index (κ3) is 8.90. The molecule has 0 aromatic heterocycles. The third-order valence-corrected chi connectivity index (χ3v) is 6.96. The summed E-state index contributed by atoms with van der Waals surface area (Å²) in [5.41, 5.74) is 3.16. The Bertz CT molecular complexity index is 1140.